The molecule has 0 aliphatic heterocycles. The molecule has 0 bridgehead atoms. The lowest BCUT2D eigenvalue weighted by Gasteiger charge is -2.17. The minimum absolute atomic E-state index is 0. The smallest absolute Gasteiger partial charge is 0.414 e. The minimum atomic E-state index is -1.82. The molecule has 27 nitrogen and oxygen atoms in total. The molecule has 4 aromatic rings. The quantitative estimate of drug-likeness (QED) is 0.0167. The third kappa shape index (κ3) is 50.0. The normalized spacial score (nSPS) is 10.1. The van der Waals surface area contributed by atoms with E-state index in [-0.39, 0.29) is 16.3 Å². The Morgan fingerprint density at radius 2 is 0.670 bits per heavy atom. The summed E-state index contributed by atoms with van der Waals surface area (Å²) in [6, 6.07) is 24.2. The maximum atomic E-state index is 12.7. The van der Waals surface area contributed by atoms with E-state index in [0.29, 0.717) is 37.8 Å². The van der Waals surface area contributed by atoms with Crippen LogP contribution in [0.4, 0.5) is 0 Å². The zero-order valence-electron chi connectivity index (χ0n) is 53.6. The molecule has 0 saturated heterocycles. The Morgan fingerprint density at radius 3 is 0.923 bits per heavy atom. The second-order valence-electron chi connectivity index (χ2n) is 21.0. The van der Waals surface area contributed by atoms with Crippen LogP contribution in [-0.2, 0) is 64.5 Å². The van der Waals surface area contributed by atoms with Crippen LogP contribution in [0, 0.1) is 0 Å². The van der Waals surface area contributed by atoms with E-state index in [4.69, 9.17) is 88.7 Å². The number of hydrogen-bond acceptors (Lipinski definition) is 16. The molecule has 0 spiro atoms. The molecular weight excluding hydrogens is 1190 g/mol. The van der Waals surface area contributed by atoms with Gasteiger partial charge in [0.25, 0.3) is 0 Å². The zero-order chi connectivity index (χ0) is 68.1. The average molecular weight is 1290 g/mol. The van der Waals surface area contributed by atoms with Crippen molar-refractivity contribution >= 4 is 47.8 Å². The average Bonchev–Trinajstić information content (AvgIpc) is 2.29. The highest BCUT2D eigenvalue weighted by molar-refractivity contribution is 6.28. The van der Waals surface area contributed by atoms with Gasteiger partial charge in [0.1, 0.15) is 0 Å². The van der Waals surface area contributed by atoms with Crippen LogP contribution in [0.15, 0.2) is 94.8 Å². The lowest BCUT2D eigenvalue weighted by Crippen LogP contribution is -2.24. The standard InChI is InChI=1S/2C28H45N3O2.4C2H2O4.H2O/c2*1-4-5-6-7-8-9-10-14-20-33-28-24-31(23-25-16-12-11-13-17-25)26(21-27(28)32)22-29-18-15-19-30(2)3;4*3-1(4)2(5)6;/h2*11-13,16-17,21,24,29H,4-10,14-15,18-20,22-23H2,1-3H3;4*(H,3,4)(H,5,6);1H2. The van der Waals surface area contributed by atoms with E-state index < -0.39 is 47.8 Å². The number of hydrogen-bond donors (Lipinski definition) is 10. The third-order valence-corrected chi connectivity index (χ3v) is 12.5. The SMILES string of the molecule is CCCCCCCCCCOc1cn(Cc2ccccc2)c(CNCCCN(C)C)cc1=O.CCCCCCCCCCOc1cn(Cc2ccccc2)c(CNCCCN(C)C)cc1=O.O.O=C(O)C(=O)O.O=C(O)C(=O)O.O=C(O)C(=O)O.O=C(O)C(=O)O. The summed E-state index contributed by atoms with van der Waals surface area (Å²) in [6.07, 6.45) is 26.1. The molecule has 0 fully saturated rings. The number of unbranched alkanes of at least 4 members (excludes halogenated alkanes) is 14. The second kappa shape index (κ2) is 55.6. The van der Waals surface area contributed by atoms with Gasteiger partial charge >= 0.3 is 47.8 Å². The topological polar surface area (TPSA) is 423 Å². The number of nitrogens with zero attached hydrogens (tertiary/aromatic N) is 4. The summed E-state index contributed by atoms with van der Waals surface area (Å²) >= 11 is 0. The maximum Gasteiger partial charge on any atom is 0.414 e. The first-order valence-corrected chi connectivity index (χ1v) is 30.1. The number of rotatable bonds is 36. The summed E-state index contributed by atoms with van der Waals surface area (Å²) in [5, 5.41) is 66.1. The minimum Gasteiger partial charge on any atom is -0.488 e. The van der Waals surface area contributed by atoms with Gasteiger partial charge in [0.05, 0.1) is 25.6 Å². The number of carbonyl (C=O) groups is 8. The molecule has 4 rings (SSSR count). The van der Waals surface area contributed by atoms with Crippen LogP contribution in [0.25, 0.3) is 0 Å². The fraction of sp³-hybridized carbons (Fsp3) is 0.531. The molecule has 0 saturated carbocycles. The van der Waals surface area contributed by atoms with E-state index in [9.17, 15) is 9.59 Å². The molecule has 0 radical (unpaired) electrons. The second-order valence-corrected chi connectivity index (χ2v) is 21.0. The first-order valence-electron chi connectivity index (χ1n) is 30.1. The molecule has 27 heteroatoms. The number of nitrogens with one attached hydrogen (secondary N) is 2. The maximum absolute atomic E-state index is 12.7. The van der Waals surface area contributed by atoms with Gasteiger partial charge in [-0.1, -0.05) is 164 Å². The van der Waals surface area contributed by atoms with Gasteiger partial charge in [-0.2, -0.15) is 0 Å². The number of carboxylic acids is 8. The van der Waals surface area contributed by atoms with Crippen molar-refractivity contribution < 1.29 is 94.2 Å². The summed E-state index contributed by atoms with van der Waals surface area (Å²) in [6.45, 7) is 12.5. The van der Waals surface area contributed by atoms with Gasteiger partial charge in [-0.25, -0.2) is 38.4 Å². The summed E-state index contributed by atoms with van der Waals surface area (Å²) < 4.78 is 16.2. The number of benzene rings is 2. The summed E-state index contributed by atoms with van der Waals surface area (Å²) in [5.74, 6) is -13.7. The van der Waals surface area contributed by atoms with Crippen LogP contribution in [0.5, 0.6) is 11.5 Å². The van der Waals surface area contributed by atoms with Crippen molar-refractivity contribution in [3.63, 3.8) is 0 Å². The fourth-order valence-corrected chi connectivity index (χ4v) is 7.87. The number of pyridine rings is 2. The van der Waals surface area contributed by atoms with E-state index in [2.05, 4.69) is 120 Å². The lowest BCUT2D eigenvalue weighted by molar-refractivity contribution is -0.159. The van der Waals surface area contributed by atoms with Gasteiger partial charge in [-0.15, -0.1) is 0 Å². The molecule has 0 aliphatic rings. The molecule has 512 valence electrons. The van der Waals surface area contributed by atoms with E-state index in [1.807, 2.05) is 24.5 Å². The van der Waals surface area contributed by atoms with Gasteiger partial charge in [0, 0.05) is 49.7 Å². The summed E-state index contributed by atoms with van der Waals surface area (Å²) in [7, 11) is 8.35. The van der Waals surface area contributed by atoms with Crippen molar-refractivity contribution in [2.45, 2.75) is 156 Å². The number of aliphatic carboxylic acids is 8. The van der Waals surface area contributed by atoms with Crippen molar-refractivity contribution in [1.29, 1.82) is 0 Å². The molecule has 12 N–H and O–H groups in total. The molecule has 91 heavy (non-hydrogen) atoms. The van der Waals surface area contributed by atoms with Crippen molar-refractivity contribution in [3.05, 3.63) is 128 Å². The van der Waals surface area contributed by atoms with Crippen LogP contribution >= 0.6 is 0 Å². The number of carboxylic acid groups (broad SMARTS) is 8. The van der Waals surface area contributed by atoms with Gasteiger partial charge in [-0.05, 0) is 91.2 Å². The van der Waals surface area contributed by atoms with Crippen LogP contribution < -0.4 is 31.0 Å². The number of aromatic nitrogens is 2. The van der Waals surface area contributed by atoms with E-state index in [0.717, 1.165) is 76.3 Å². The highest BCUT2D eigenvalue weighted by Gasteiger charge is 2.12. The summed E-state index contributed by atoms with van der Waals surface area (Å²) in [4.78, 5) is 103. The molecule has 2 heterocycles. The molecule has 0 aliphatic carbocycles. The Balaban J connectivity index is -0.00000124. The molecular formula is C64H100N6O21. The van der Waals surface area contributed by atoms with Crippen LogP contribution in [0.2, 0.25) is 0 Å². The highest BCUT2D eigenvalue weighted by Crippen LogP contribution is 2.15. The predicted octanol–water partition coefficient (Wildman–Crippen LogP) is 6.71. The Kier molecular flexibility index (Phi) is 52.9. The first kappa shape index (κ1) is 86.7. The monoisotopic (exact) mass is 1290 g/mol. The fourth-order valence-electron chi connectivity index (χ4n) is 7.87. The molecule has 0 amide bonds. The van der Waals surface area contributed by atoms with Crippen molar-refractivity contribution in [1.82, 2.24) is 29.6 Å². The van der Waals surface area contributed by atoms with E-state index in [1.165, 1.54) is 101 Å². The Bertz CT molecular complexity index is 2490. The Labute approximate surface area is 532 Å². The van der Waals surface area contributed by atoms with Crippen LogP contribution in [-0.4, -0.2) is 181 Å². The lowest BCUT2D eigenvalue weighted by atomic mass is 10.1. The molecule has 0 unspecified atom stereocenters. The van der Waals surface area contributed by atoms with Gasteiger partial charge < -0.3 is 85.4 Å². The zero-order valence-corrected chi connectivity index (χ0v) is 53.6. The first-order chi connectivity index (χ1) is 42.8. The van der Waals surface area contributed by atoms with Gasteiger partial charge in [0.15, 0.2) is 11.5 Å². The largest absolute Gasteiger partial charge is 0.488 e. The van der Waals surface area contributed by atoms with Gasteiger partial charge in [-0.3, -0.25) is 9.59 Å². The molecule has 2 aromatic heterocycles. The highest BCUT2D eigenvalue weighted by atomic mass is 16.5. The summed E-state index contributed by atoms with van der Waals surface area (Å²) in [5.41, 5.74) is 4.36. The Morgan fingerprint density at radius 1 is 0.407 bits per heavy atom. The van der Waals surface area contributed by atoms with Crippen molar-refractivity contribution in [3.8, 4) is 11.5 Å². The van der Waals surface area contributed by atoms with Crippen molar-refractivity contribution in [2.75, 3.05) is 67.6 Å². The van der Waals surface area contributed by atoms with Crippen molar-refractivity contribution in [2.24, 2.45) is 0 Å². The molecule has 0 atom stereocenters. The van der Waals surface area contributed by atoms with E-state index in [1.54, 1.807) is 12.1 Å². The van der Waals surface area contributed by atoms with Crippen LogP contribution in [0.3, 0.4) is 0 Å². The van der Waals surface area contributed by atoms with E-state index >= 15 is 0 Å². The van der Waals surface area contributed by atoms with Gasteiger partial charge in [0.2, 0.25) is 10.9 Å². The molecule has 2 aromatic carbocycles. The third-order valence-electron chi connectivity index (χ3n) is 12.5. The van der Waals surface area contributed by atoms with Crippen LogP contribution in [0.1, 0.15) is 152 Å². The number of ether oxygens (including phenoxy) is 2. The predicted molar refractivity (Wildman–Crippen MR) is 343 cm³/mol. The Hall–Kier alpha value is -8.50.